The molecule has 25 heavy (non-hydrogen) atoms. The molecule has 1 fully saturated rings. The maximum Gasteiger partial charge on any atom is 0.256 e. The lowest BCUT2D eigenvalue weighted by molar-refractivity contribution is 0.0964. The van der Waals surface area contributed by atoms with E-state index in [1.165, 1.54) is 0 Å². The van der Waals surface area contributed by atoms with Crippen molar-refractivity contribution in [3.05, 3.63) is 54.1 Å². The van der Waals surface area contributed by atoms with Crippen molar-refractivity contribution in [2.24, 2.45) is 0 Å². The number of amides is 1. The molecule has 0 spiro atoms. The monoisotopic (exact) mass is 336 g/mol. The number of fused-ring (bicyclic) bond motifs is 1. The van der Waals surface area contributed by atoms with Crippen LogP contribution in [0.5, 0.6) is 0 Å². The molecule has 7 heteroatoms. The van der Waals surface area contributed by atoms with E-state index in [0.717, 1.165) is 37.4 Å². The van der Waals surface area contributed by atoms with Gasteiger partial charge in [-0.25, -0.2) is 14.5 Å². The summed E-state index contributed by atoms with van der Waals surface area (Å²) in [6.45, 7) is 1.88. The summed E-state index contributed by atoms with van der Waals surface area (Å²) >= 11 is 0. The molecule has 0 aliphatic carbocycles. The molecule has 4 rings (SSSR count). The van der Waals surface area contributed by atoms with Crippen LogP contribution in [-0.4, -0.2) is 45.6 Å². The zero-order valence-electron chi connectivity index (χ0n) is 14.1. The van der Waals surface area contributed by atoms with Gasteiger partial charge in [0.25, 0.3) is 5.91 Å². The Labute approximate surface area is 145 Å². The first-order valence-electron chi connectivity index (χ1n) is 8.48. The van der Waals surface area contributed by atoms with E-state index in [9.17, 15) is 4.79 Å². The third-order valence-electron chi connectivity index (χ3n) is 4.72. The zero-order chi connectivity index (χ0) is 17.2. The Morgan fingerprint density at radius 2 is 2.16 bits per heavy atom. The summed E-state index contributed by atoms with van der Waals surface area (Å²) in [5, 5.41) is 7.06. The third-order valence-corrected chi connectivity index (χ3v) is 4.72. The normalized spacial score (nSPS) is 17.6. The molecule has 0 unspecified atom stereocenters. The molecule has 128 valence electrons. The van der Waals surface area contributed by atoms with E-state index in [2.05, 4.69) is 25.3 Å². The minimum absolute atomic E-state index is 0.168. The van der Waals surface area contributed by atoms with Gasteiger partial charge in [0.05, 0.1) is 11.9 Å². The largest absolute Gasteiger partial charge is 0.356 e. The van der Waals surface area contributed by atoms with Crippen LogP contribution in [0.15, 0.2) is 42.9 Å². The van der Waals surface area contributed by atoms with E-state index in [4.69, 9.17) is 0 Å². The molecular weight excluding hydrogens is 316 g/mol. The van der Waals surface area contributed by atoms with Crippen molar-refractivity contribution in [3.8, 4) is 0 Å². The molecule has 3 aromatic rings. The number of pyridine rings is 1. The highest BCUT2D eigenvalue weighted by Gasteiger charge is 2.25. The summed E-state index contributed by atoms with van der Waals surface area (Å²) in [6, 6.07) is 7.99. The first-order valence-corrected chi connectivity index (χ1v) is 8.48. The molecule has 1 aliphatic heterocycles. The highest BCUT2D eigenvalue weighted by Crippen LogP contribution is 2.29. The van der Waals surface area contributed by atoms with Crippen molar-refractivity contribution in [1.82, 2.24) is 24.9 Å². The van der Waals surface area contributed by atoms with Crippen molar-refractivity contribution >= 4 is 17.4 Å². The maximum absolute atomic E-state index is 12.0. The van der Waals surface area contributed by atoms with E-state index in [1.54, 1.807) is 24.0 Å². The van der Waals surface area contributed by atoms with E-state index < -0.39 is 0 Å². The van der Waals surface area contributed by atoms with Crippen molar-refractivity contribution < 1.29 is 4.79 Å². The predicted molar refractivity (Wildman–Crippen MR) is 94.8 cm³/mol. The summed E-state index contributed by atoms with van der Waals surface area (Å²) in [5.74, 6) is 1.15. The van der Waals surface area contributed by atoms with Crippen LogP contribution >= 0.6 is 0 Å². The van der Waals surface area contributed by atoms with Gasteiger partial charge in [-0.3, -0.25) is 4.79 Å². The molecule has 3 aromatic heterocycles. The average molecular weight is 336 g/mol. The molecule has 0 aromatic carbocycles. The Balaban J connectivity index is 1.67. The number of aromatic nitrogens is 4. The Morgan fingerprint density at radius 3 is 2.96 bits per heavy atom. The molecule has 7 nitrogen and oxygen atoms in total. The van der Waals surface area contributed by atoms with Crippen LogP contribution in [0, 0.1) is 0 Å². The van der Waals surface area contributed by atoms with Gasteiger partial charge >= 0.3 is 0 Å². The van der Waals surface area contributed by atoms with Gasteiger partial charge in [-0.05, 0) is 31.0 Å². The summed E-state index contributed by atoms with van der Waals surface area (Å²) in [7, 11) is 1.61. The molecule has 4 heterocycles. The Kier molecular flexibility index (Phi) is 4.05. The lowest BCUT2D eigenvalue weighted by atomic mass is 9.94. The van der Waals surface area contributed by atoms with Crippen LogP contribution < -0.4 is 10.2 Å². The molecule has 0 saturated carbocycles. The van der Waals surface area contributed by atoms with Crippen molar-refractivity contribution in [2.75, 3.05) is 25.0 Å². The number of hydrogen-bond acceptors (Lipinski definition) is 5. The second kappa shape index (κ2) is 6.51. The van der Waals surface area contributed by atoms with Gasteiger partial charge in [0.2, 0.25) is 0 Å². The first-order chi connectivity index (χ1) is 12.3. The average Bonchev–Trinajstić information content (AvgIpc) is 3.12. The van der Waals surface area contributed by atoms with E-state index in [1.807, 2.05) is 30.5 Å². The van der Waals surface area contributed by atoms with Crippen LogP contribution in [0.4, 0.5) is 5.82 Å². The minimum Gasteiger partial charge on any atom is -0.356 e. The molecule has 1 aliphatic rings. The SMILES string of the molecule is CNC(=O)c1cnn2c([C@H]3CCCN(c4ccccn4)C3)ccnc12. The van der Waals surface area contributed by atoms with Crippen LogP contribution in [0.25, 0.3) is 5.65 Å². The number of hydrogen-bond donors (Lipinski definition) is 1. The third kappa shape index (κ3) is 2.82. The smallest absolute Gasteiger partial charge is 0.256 e. The topological polar surface area (TPSA) is 75.4 Å². The minimum atomic E-state index is -0.168. The summed E-state index contributed by atoms with van der Waals surface area (Å²) in [5.41, 5.74) is 2.19. The number of nitrogens with zero attached hydrogens (tertiary/aromatic N) is 5. The highest BCUT2D eigenvalue weighted by atomic mass is 16.1. The molecule has 1 saturated heterocycles. The van der Waals surface area contributed by atoms with Gasteiger partial charge < -0.3 is 10.2 Å². The standard InChI is InChI=1S/C18H20N6O/c1-19-18(25)14-11-22-24-15(7-9-21-17(14)24)13-5-4-10-23(12-13)16-6-2-3-8-20-16/h2-3,6-9,11,13H,4-5,10,12H2,1H3,(H,19,25)/t13-/m0/s1. The van der Waals surface area contributed by atoms with Gasteiger partial charge in [-0.15, -0.1) is 0 Å². The second-order valence-corrected chi connectivity index (χ2v) is 6.22. The van der Waals surface area contributed by atoms with Crippen LogP contribution in [0.2, 0.25) is 0 Å². The number of piperidine rings is 1. The first kappa shape index (κ1) is 15.6. The quantitative estimate of drug-likeness (QED) is 0.790. The molecule has 1 N–H and O–H groups in total. The Morgan fingerprint density at radius 1 is 1.24 bits per heavy atom. The molecular formula is C18H20N6O. The highest BCUT2D eigenvalue weighted by molar-refractivity contribution is 5.99. The number of carbonyl (C=O) groups is 1. The van der Waals surface area contributed by atoms with Crippen molar-refractivity contribution in [1.29, 1.82) is 0 Å². The van der Waals surface area contributed by atoms with E-state index in [0.29, 0.717) is 17.1 Å². The fraction of sp³-hybridized carbons (Fsp3) is 0.333. The van der Waals surface area contributed by atoms with Gasteiger partial charge in [0, 0.05) is 38.4 Å². The lowest BCUT2D eigenvalue weighted by Crippen LogP contribution is -2.35. The summed E-state index contributed by atoms with van der Waals surface area (Å²) in [4.78, 5) is 23.1. The second-order valence-electron chi connectivity index (χ2n) is 6.22. The summed E-state index contributed by atoms with van der Waals surface area (Å²) < 4.78 is 1.80. The van der Waals surface area contributed by atoms with Crippen molar-refractivity contribution in [2.45, 2.75) is 18.8 Å². The molecule has 1 amide bonds. The van der Waals surface area contributed by atoms with E-state index >= 15 is 0 Å². The number of rotatable bonds is 3. The van der Waals surface area contributed by atoms with Crippen LogP contribution in [-0.2, 0) is 0 Å². The van der Waals surface area contributed by atoms with Gasteiger partial charge in [0.15, 0.2) is 5.65 Å². The number of anilines is 1. The Bertz CT molecular complexity index is 891. The Hall–Kier alpha value is -2.96. The van der Waals surface area contributed by atoms with Gasteiger partial charge in [0.1, 0.15) is 11.4 Å². The number of carbonyl (C=O) groups excluding carboxylic acids is 1. The van der Waals surface area contributed by atoms with Crippen LogP contribution in [0.3, 0.4) is 0 Å². The molecule has 0 radical (unpaired) electrons. The van der Waals surface area contributed by atoms with Crippen molar-refractivity contribution in [3.63, 3.8) is 0 Å². The van der Waals surface area contributed by atoms with Crippen LogP contribution in [0.1, 0.15) is 34.8 Å². The molecule has 0 bridgehead atoms. The fourth-order valence-corrected chi connectivity index (χ4v) is 3.48. The van der Waals surface area contributed by atoms with Gasteiger partial charge in [-0.1, -0.05) is 6.07 Å². The number of nitrogens with one attached hydrogen (secondary N) is 1. The lowest BCUT2D eigenvalue weighted by Gasteiger charge is -2.33. The predicted octanol–water partition coefficient (Wildman–Crippen LogP) is 1.87. The zero-order valence-corrected chi connectivity index (χ0v) is 14.1. The fourth-order valence-electron chi connectivity index (χ4n) is 3.48. The summed E-state index contributed by atoms with van der Waals surface area (Å²) in [6.07, 6.45) is 7.35. The molecule has 1 atom stereocenters. The van der Waals surface area contributed by atoms with E-state index in [-0.39, 0.29) is 5.91 Å². The van der Waals surface area contributed by atoms with Gasteiger partial charge in [-0.2, -0.15) is 5.10 Å². The maximum atomic E-state index is 12.0.